The number of hydrogen-bond donors (Lipinski definition) is 0. The Bertz CT molecular complexity index is 540. The topological polar surface area (TPSA) is 29.0 Å². The lowest BCUT2D eigenvalue weighted by Crippen LogP contribution is -2.31. The van der Waals surface area contributed by atoms with Gasteiger partial charge in [-0.05, 0) is 23.0 Å². The fourth-order valence-electron chi connectivity index (χ4n) is 1.45. The molecule has 0 atom stereocenters. The fourth-order valence-corrected chi connectivity index (χ4v) is 2.42. The van der Waals surface area contributed by atoms with E-state index in [1.807, 2.05) is 0 Å². The zero-order chi connectivity index (χ0) is 12.6. The molecule has 0 saturated heterocycles. The van der Waals surface area contributed by atoms with Crippen molar-refractivity contribution in [2.45, 2.75) is 6.18 Å². The summed E-state index contributed by atoms with van der Waals surface area (Å²) in [7, 11) is 1.32. The number of nitrogens with zero attached hydrogens (tertiary/aromatic N) is 3. The Morgan fingerprint density at radius 2 is 2.12 bits per heavy atom. The Morgan fingerprint density at radius 1 is 1.41 bits per heavy atom. The molecule has 92 valence electrons. The molecule has 0 fully saturated rings. The van der Waals surface area contributed by atoms with Crippen molar-refractivity contribution >= 4 is 39.0 Å². The maximum absolute atomic E-state index is 12.3. The maximum Gasteiger partial charge on any atom is 0.405 e. The first-order valence-electron chi connectivity index (χ1n) is 4.55. The molecule has 0 radical (unpaired) electrons. The van der Waals surface area contributed by atoms with Crippen LogP contribution in [-0.2, 0) is 0 Å². The third-order valence-electron chi connectivity index (χ3n) is 2.06. The molecular weight excluding hydrogens is 275 g/mol. The summed E-state index contributed by atoms with van der Waals surface area (Å²) in [6.45, 7) is -1.08. The Balaban J connectivity index is 2.43. The number of fused-ring (bicyclic) bond motifs is 1. The van der Waals surface area contributed by atoms with Crippen LogP contribution in [0, 0.1) is 0 Å². The minimum absolute atomic E-state index is 0.0519. The van der Waals surface area contributed by atoms with Gasteiger partial charge in [0, 0.05) is 7.05 Å². The molecule has 0 amide bonds. The van der Waals surface area contributed by atoms with Crippen LogP contribution >= 0.6 is 22.9 Å². The molecule has 8 heteroatoms. The van der Waals surface area contributed by atoms with Gasteiger partial charge in [0.15, 0.2) is 0 Å². The molecule has 0 aromatic carbocycles. The summed E-state index contributed by atoms with van der Waals surface area (Å²) in [6, 6.07) is 1.68. The molecule has 0 N–H and O–H groups in total. The normalized spacial score (nSPS) is 12.1. The van der Waals surface area contributed by atoms with Gasteiger partial charge in [0.25, 0.3) is 0 Å². The second-order valence-corrected chi connectivity index (χ2v) is 4.66. The Labute approximate surface area is 104 Å². The van der Waals surface area contributed by atoms with E-state index in [1.54, 1.807) is 11.4 Å². The van der Waals surface area contributed by atoms with E-state index in [2.05, 4.69) is 9.97 Å². The number of anilines is 1. The average molecular weight is 282 g/mol. The van der Waals surface area contributed by atoms with Crippen LogP contribution in [-0.4, -0.2) is 29.7 Å². The smallest absolute Gasteiger partial charge is 0.350 e. The highest BCUT2D eigenvalue weighted by Gasteiger charge is 2.30. The van der Waals surface area contributed by atoms with Crippen molar-refractivity contribution in [2.75, 3.05) is 18.5 Å². The van der Waals surface area contributed by atoms with E-state index in [4.69, 9.17) is 11.6 Å². The van der Waals surface area contributed by atoms with Gasteiger partial charge in [0.2, 0.25) is 5.28 Å². The van der Waals surface area contributed by atoms with Gasteiger partial charge in [-0.1, -0.05) is 0 Å². The lowest BCUT2D eigenvalue weighted by Gasteiger charge is -2.20. The molecule has 0 aliphatic carbocycles. The van der Waals surface area contributed by atoms with E-state index in [1.165, 1.54) is 18.4 Å². The van der Waals surface area contributed by atoms with Gasteiger partial charge in [-0.25, -0.2) is 4.98 Å². The average Bonchev–Trinajstić information content (AvgIpc) is 2.60. The monoisotopic (exact) mass is 281 g/mol. The van der Waals surface area contributed by atoms with Crippen molar-refractivity contribution in [2.24, 2.45) is 0 Å². The highest BCUT2D eigenvalue weighted by atomic mass is 35.5. The number of thiophene rings is 1. The van der Waals surface area contributed by atoms with Crippen molar-refractivity contribution in [3.05, 3.63) is 16.7 Å². The van der Waals surface area contributed by atoms with Gasteiger partial charge in [-0.15, -0.1) is 11.3 Å². The van der Waals surface area contributed by atoms with Crippen molar-refractivity contribution in [3.63, 3.8) is 0 Å². The molecule has 0 aliphatic rings. The second-order valence-electron chi connectivity index (χ2n) is 3.43. The number of aromatic nitrogens is 2. The molecule has 2 aromatic rings. The third kappa shape index (κ3) is 2.78. The van der Waals surface area contributed by atoms with E-state index in [0.717, 1.165) is 4.90 Å². The molecule has 0 spiro atoms. The summed E-state index contributed by atoms with van der Waals surface area (Å²) in [5, 5.41) is 2.26. The Morgan fingerprint density at radius 3 is 2.76 bits per heavy atom. The molecule has 0 aliphatic heterocycles. The lowest BCUT2D eigenvalue weighted by atomic mass is 10.3. The van der Waals surface area contributed by atoms with Gasteiger partial charge >= 0.3 is 6.18 Å². The Hall–Kier alpha value is -1.08. The van der Waals surface area contributed by atoms with Crippen molar-refractivity contribution < 1.29 is 13.2 Å². The Kier molecular flexibility index (Phi) is 3.13. The van der Waals surface area contributed by atoms with E-state index in [9.17, 15) is 13.2 Å². The van der Waals surface area contributed by atoms with Gasteiger partial charge in [-0.2, -0.15) is 18.2 Å². The zero-order valence-corrected chi connectivity index (χ0v) is 10.2. The summed E-state index contributed by atoms with van der Waals surface area (Å²) < 4.78 is 36.9. The first kappa shape index (κ1) is 12.4. The van der Waals surface area contributed by atoms with Crippen molar-refractivity contribution in [3.8, 4) is 0 Å². The first-order valence-corrected chi connectivity index (χ1v) is 5.81. The van der Waals surface area contributed by atoms with Crippen LogP contribution in [0.2, 0.25) is 5.28 Å². The minimum Gasteiger partial charge on any atom is -0.350 e. The largest absolute Gasteiger partial charge is 0.405 e. The van der Waals surface area contributed by atoms with Gasteiger partial charge in [-0.3, -0.25) is 0 Å². The van der Waals surface area contributed by atoms with Crippen LogP contribution in [0.3, 0.4) is 0 Å². The van der Waals surface area contributed by atoms with Crippen LogP contribution < -0.4 is 4.90 Å². The second kappa shape index (κ2) is 4.30. The standard InChI is InChI=1S/C9H7ClF3N3S/c1-16(4-9(11,12)13)6-5-2-3-17-7(5)15-8(10)14-6/h2-3H,4H2,1H3. The molecule has 0 saturated carbocycles. The number of hydrogen-bond acceptors (Lipinski definition) is 4. The quantitative estimate of drug-likeness (QED) is 0.791. The molecule has 2 rings (SSSR count). The third-order valence-corrected chi connectivity index (χ3v) is 3.03. The summed E-state index contributed by atoms with van der Waals surface area (Å²) in [5.74, 6) is 0.193. The molecule has 0 unspecified atom stereocenters. The van der Waals surface area contributed by atoms with Gasteiger partial charge in [0.1, 0.15) is 17.2 Å². The van der Waals surface area contributed by atoms with E-state index < -0.39 is 12.7 Å². The summed E-state index contributed by atoms with van der Waals surface area (Å²) in [5.41, 5.74) is 0. The summed E-state index contributed by atoms with van der Waals surface area (Å²) in [6.07, 6.45) is -4.28. The fraction of sp³-hybridized carbons (Fsp3) is 0.333. The number of rotatable bonds is 2. The number of alkyl halides is 3. The molecule has 2 aromatic heterocycles. The van der Waals surface area contributed by atoms with Crippen LogP contribution in [0.15, 0.2) is 11.4 Å². The summed E-state index contributed by atoms with van der Waals surface area (Å²) >= 11 is 6.98. The van der Waals surface area contributed by atoms with Crippen LogP contribution in [0.1, 0.15) is 0 Å². The predicted octanol–water partition coefficient (Wildman–Crippen LogP) is 3.34. The molecular formula is C9H7ClF3N3S. The zero-order valence-electron chi connectivity index (χ0n) is 8.62. The van der Waals surface area contributed by atoms with E-state index in [-0.39, 0.29) is 11.1 Å². The molecule has 2 heterocycles. The van der Waals surface area contributed by atoms with E-state index >= 15 is 0 Å². The van der Waals surface area contributed by atoms with Crippen LogP contribution in [0.25, 0.3) is 10.2 Å². The highest BCUT2D eigenvalue weighted by Crippen LogP contribution is 2.30. The summed E-state index contributed by atoms with van der Waals surface area (Å²) in [4.78, 5) is 9.38. The maximum atomic E-state index is 12.3. The van der Waals surface area contributed by atoms with Gasteiger partial charge < -0.3 is 4.90 Å². The first-order chi connectivity index (χ1) is 7.87. The van der Waals surface area contributed by atoms with Crippen molar-refractivity contribution in [1.82, 2.24) is 9.97 Å². The van der Waals surface area contributed by atoms with Crippen LogP contribution in [0.5, 0.6) is 0 Å². The molecule has 17 heavy (non-hydrogen) atoms. The van der Waals surface area contributed by atoms with E-state index in [0.29, 0.717) is 10.2 Å². The highest BCUT2D eigenvalue weighted by molar-refractivity contribution is 7.16. The minimum atomic E-state index is -4.28. The van der Waals surface area contributed by atoms with Crippen molar-refractivity contribution in [1.29, 1.82) is 0 Å². The molecule has 3 nitrogen and oxygen atoms in total. The predicted molar refractivity (Wildman–Crippen MR) is 61.8 cm³/mol. The molecule has 0 bridgehead atoms. The number of halogens is 4. The lowest BCUT2D eigenvalue weighted by molar-refractivity contribution is -0.119. The van der Waals surface area contributed by atoms with Gasteiger partial charge in [0.05, 0.1) is 5.39 Å². The SMILES string of the molecule is CN(CC(F)(F)F)c1nc(Cl)nc2sccc12. The van der Waals surface area contributed by atoms with Crippen LogP contribution in [0.4, 0.5) is 19.0 Å².